The van der Waals surface area contributed by atoms with E-state index in [0.717, 1.165) is 24.4 Å². The smallest absolute Gasteiger partial charge is 0.253 e. The molecule has 1 amide bonds. The molecule has 4 N–H and O–H groups in total. The Labute approximate surface area is 184 Å². The van der Waals surface area contributed by atoms with Gasteiger partial charge in [-0.05, 0) is 12.8 Å². The lowest BCUT2D eigenvalue weighted by atomic mass is 9.94. The largest absolute Gasteiger partial charge is 0.366 e. The number of hydrogen-bond acceptors (Lipinski definition) is 8. The molecular weight excluding hydrogens is 425 g/mol. The summed E-state index contributed by atoms with van der Waals surface area (Å²) in [6.07, 6.45) is 4.40. The molecule has 0 aromatic rings. The van der Waals surface area contributed by atoms with Crippen LogP contribution in [0.5, 0.6) is 0 Å². The summed E-state index contributed by atoms with van der Waals surface area (Å²) in [5.74, 6) is 1.25. The molecule has 2 saturated heterocycles. The summed E-state index contributed by atoms with van der Waals surface area (Å²) in [6, 6.07) is -0.0655. The number of fused-ring (bicyclic) bond motifs is 1. The number of morpholine rings is 1. The fraction of sp³-hybridized carbons (Fsp3) is 0.550. The van der Waals surface area contributed by atoms with Crippen molar-refractivity contribution in [1.29, 1.82) is 0 Å². The molecule has 2 fully saturated rings. The van der Waals surface area contributed by atoms with Crippen LogP contribution in [0.25, 0.3) is 0 Å². The second-order valence-electron chi connectivity index (χ2n) is 8.14. The summed E-state index contributed by atoms with van der Waals surface area (Å²) in [6.45, 7) is 2.99. The van der Waals surface area contributed by atoms with Crippen molar-refractivity contribution < 1.29 is 13.9 Å². The molecule has 11 heteroatoms. The molecule has 0 spiro atoms. The van der Waals surface area contributed by atoms with Crippen LogP contribution in [0.1, 0.15) is 12.8 Å². The van der Waals surface area contributed by atoms with E-state index in [1.54, 1.807) is 11.1 Å². The maximum absolute atomic E-state index is 14.6. The van der Waals surface area contributed by atoms with E-state index in [0.29, 0.717) is 43.5 Å². The molecule has 166 valence electrons. The van der Waals surface area contributed by atoms with E-state index in [-0.39, 0.29) is 36.1 Å². The van der Waals surface area contributed by atoms with E-state index >= 15 is 0 Å². The van der Waals surface area contributed by atoms with Gasteiger partial charge in [-0.1, -0.05) is 11.6 Å². The Hall–Kier alpha value is -2.43. The number of allylic oxidation sites excluding steroid dienone is 1. The van der Waals surface area contributed by atoms with Crippen LogP contribution in [0.15, 0.2) is 44.6 Å². The van der Waals surface area contributed by atoms with Crippen molar-refractivity contribution in [3.63, 3.8) is 0 Å². The van der Waals surface area contributed by atoms with Crippen molar-refractivity contribution in [1.82, 2.24) is 26.2 Å². The molecule has 3 atom stereocenters. The second kappa shape index (κ2) is 8.60. The summed E-state index contributed by atoms with van der Waals surface area (Å²) in [4.78, 5) is 23.3. The van der Waals surface area contributed by atoms with E-state index in [1.165, 1.54) is 0 Å². The first-order valence-electron chi connectivity index (χ1n) is 10.6. The monoisotopic (exact) mass is 449 g/mol. The van der Waals surface area contributed by atoms with Gasteiger partial charge in [-0.15, -0.1) is 0 Å². The van der Waals surface area contributed by atoms with Gasteiger partial charge in [0.1, 0.15) is 17.8 Å². The third kappa shape index (κ3) is 4.19. The van der Waals surface area contributed by atoms with Gasteiger partial charge in [-0.2, -0.15) is 0 Å². The number of aliphatic imine (C=N–C) groups is 2. The Morgan fingerprint density at radius 1 is 1.42 bits per heavy atom. The van der Waals surface area contributed by atoms with Crippen LogP contribution in [0.3, 0.4) is 0 Å². The van der Waals surface area contributed by atoms with Gasteiger partial charge in [0.15, 0.2) is 11.6 Å². The van der Waals surface area contributed by atoms with Crippen molar-refractivity contribution in [3.05, 3.63) is 34.7 Å². The molecule has 9 nitrogen and oxygen atoms in total. The standard InChI is InChI=1S/C20H25ClFN7O2/c21-11-5-13-14(7-25-17(13)24-6-11)18-26-8-15(22)19(28-18)27-12-1-3-29(10-12)20(30)16-9-23-2-4-31-16/h6-7,12-13,16,23,27H,1-5,8-10H2,(H,24,25)(H,26,28)/t12-,13?,16?/m0/s1. The molecular formula is C20H25ClFN7O2. The zero-order valence-corrected chi connectivity index (χ0v) is 17.7. The fourth-order valence-electron chi connectivity index (χ4n) is 4.39. The minimum Gasteiger partial charge on any atom is -0.366 e. The number of halogens is 2. The molecule has 0 saturated carbocycles. The summed E-state index contributed by atoms with van der Waals surface area (Å²) in [7, 11) is 0. The minimum absolute atomic E-state index is 0.0170. The third-order valence-corrected chi connectivity index (χ3v) is 6.28. The highest BCUT2D eigenvalue weighted by Gasteiger charge is 2.35. The lowest BCUT2D eigenvalue weighted by Gasteiger charge is -2.27. The predicted octanol–water partition coefficient (Wildman–Crippen LogP) is 0.291. The van der Waals surface area contributed by atoms with E-state index in [4.69, 9.17) is 16.3 Å². The van der Waals surface area contributed by atoms with Crippen LogP contribution in [-0.4, -0.2) is 74.0 Å². The zero-order valence-electron chi connectivity index (χ0n) is 17.0. The quantitative estimate of drug-likeness (QED) is 0.492. The van der Waals surface area contributed by atoms with Crippen LogP contribution in [0, 0.1) is 5.92 Å². The van der Waals surface area contributed by atoms with Crippen molar-refractivity contribution in [2.45, 2.75) is 25.0 Å². The van der Waals surface area contributed by atoms with E-state index in [2.05, 4.69) is 31.3 Å². The number of nitrogens with zero attached hydrogens (tertiary/aromatic N) is 3. The number of amides is 1. The maximum atomic E-state index is 14.6. The van der Waals surface area contributed by atoms with Crippen molar-refractivity contribution in [2.24, 2.45) is 15.9 Å². The average Bonchev–Trinajstić information content (AvgIpc) is 3.42. The lowest BCUT2D eigenvalue weighted by molar-refractivity contribution is -0.144. The topological polar surface area (TPSA) is 102 Å². The number of amidine groups is 2. The Morgan fingerprint density at radius 3 is 3.16 bits per heavy atom. The third-order valence-electron chi connectivity index (χ3n) is 6.03. The van der Waals surface area contributed by atoms with Crippen molar-refractivity contribution >= 4 is 29.2 Å². The van der Waals surface area contributed by atoms with Gasteiger partial charge in [-0.25, -0.2) is 14.4 Å². The summed E-state index contributed by atoms with van der Waals surface area (Å²) >= 11 is 6.16. The fourth-order valence-corrected chi connectivity index (χ4v) is 4.59. The number of ether oxygens (including phenoxy) is 1. The highest BCUT2D eigenvalue weighted by Crippen LogP contribution is 2.31. The van der Waals surface area contributed by atoms with Gasteiger partial charge in [0.05, 0.1) is 19.1 Å². The normalized spacial score (nSPS) is 30.5. The van der Waals surface area contributed by atoms with Crippen LogP contribution in [0.4, 0.5) is 4.39 Å². The summed E-state index contributed by atoms with van der Waals surface area (Å²) < 4.78 is 20.1. The van der Waals surface area contributed by atoms with E-state index in [1.807, 2.05) is 6.20 Å². The first kappa shape index (κ1) is 20.5. The van der Waals surface area contributed by atoms with Crippen LogP contribution >= 0.6 is 11.6 Å². The first-order chi connectivity index (χ1) is 15.1. The molecule has 0 aromatic carbocycles. The highest BCUT2D eigenvalue weighted by atomic mass is 35.5. The van der Waals surface area contributed by atoms with E-state index < -0.39 is 6.10 Å². The van der Waals surface area contributed by atoms with Gasteiger partial charge in [0, 0.05) is 55.2 Å². The second-order valence-corrected chi connectivity index (χ2v) is 8.62. The molecule has 31 heavy (non-hydrogen) atoms. The molecule has 0 bridgehead atoms. The average molecular weight is 450 g/mol. The molecule has 5 rings (SSSR count). The Morgan fingerprint density at radius 2 is 2.32 bits per heavy atom. The Kier molecular flexibility index (Phi) is 5.68. The number of nitrogens with one attached hydrogen (secondary N) is 4. The van der Waals surface area contributed by atoms with Crippen LogP contribution in [0.2, 0.25) is 0 Å². The Balaban J connectivity index is 1.23. The number of carbonyl (C=O) groups is 1. The van der Waals surface area contributed by atoms with Gasteiger partial charge in [0.2, 0.25) is 0 Å². The molecule has 0 aliphatic carbocycles. The van der Waals surface area contributed by atoms with Gasteiger partial charge < -0.3 is 30.9 Å². The number of hydrogen-bond donors (Lipinski definition) is 4. The zero-order chi connectivity index (χ0) is 21.4. The van der Waals surface area contributed by atoms with E-state index in [9.17, 15) is 9.18 Å². The molecule has 5 aliphatic rings. The van der Waals surface area contributed by atoms with Crippen LogP contribution < -0.4 is 21.3 Å². The minimum atomic E-state index is -0.444. The molecule has 5 heterocycles. The molecule has 0 aromatic heterocycles. The summed E-state index contributed by atoms with van der Waals surface area (Å²) in [5.41, 5.74) is 0.905. The number of likely N-dealkylation sites (tertiary alicyclic amines) is 1. The van der Waals surface area contributed by atoms with Gasteiger partial charge in [0.25, 0.3) is 5.91 Å². The lowest BCUT2D eigenvalue weighted by Crippen LogP contribution is -2.49. The SMILES string of the molecule is O=C(C1CNCCO1)N1CC[C@H](NC2=C(F)CNC(C3=CNC4=NC=C(Cl)CC34)=N2)C1. The maximum Gasteiger partial charge on any atom is 0.253 e. The van der Waals surface area contributed by atoms with Gasteiger partial charge in [-0.3, -0.25) is 4.79 Å². The molecule has 0 radical (unpaired) electrons. The van der Waals surface area contributed by atoms with Crippen molar-refractivity contribution in [2.75, 3.05) is 39.3 Å². The number of rotatable bonds is 4. The highest BCUT2D eigenvalue weighted by molar-refractivity contribution is 6.30. The first-order valence-corrected chi connectivity index (χ1v) is 10.9. The Bertz CT molecular complexity index is 922. The number of carbonyl (C=O) groups excluding carboxylic acids is 1. The van der Waals surface area contributed by atoms with Crippen LogP contribution in [-0.2, 0) is 9.53 Å². The molecule has 5 aliphatic heterocycles. The summed E-state index contributed by atoms with van der Waals surface area (Å²) in [5, 5.41) is 13.2. The predicted molar refractivity (Wildman–Crippen MR) is 115 cm³/mol. The van der Waals surface area contributed by atoms with Gasteiger partial charge >= 0.3 is 0 Å². The molecule has 2 unspecified atom stereocenters. The van der Waals surface area contributed by atoms with Crippen molar-refractivity contribution in [3.8, 4) is 0 Å².